The number of hydrogen-bond donors (Lipinski definition) is 0. The second kappa shape index (κ2) is 3.85. The zero-order chi connectivity index (χ0) is 8.97. The van der Waals surface area contributed by atoms with Gasteiger partial charge in [0.05, 0.1) is 0 Å². The maximum Gasteiger partial charge on any atom is 0.209 e. The van der Waals surface area contributed by atoms with Gasteiger partial charge in [-0.25, -0.2) is 4.39 Å². The summed E-state index contributed by atoms with van der Waals surface area (Å²) >= 11 is 0. The maximum absolute atomic E-state index is 12.6. The summed E-state index contributed by atoms with van der Waals surface area (Å²) in [5, 5.41) is 0. The van der Waals surface area contributed by atoms with Gasteiger partial charge in [-0.3, -0.25) is 4.79 Å². The molecule has 0 spiro atoms. The quantitative estimate of drug-likeness (QED) is 0.623. The summed E-state index contributed by atoms with van der Waals surface area (Å²) in [5.74, 6) is -0.271. The minimum absolute atomic E-state index is 0.271. The third-order valence-electron chi connectivity index (χ3n) is 1.50. The predicted octanol–water partition coefficient (Wildman–Crippen LogP) is 1.41. The molecule has 1 aromatic carbocycles. The fourth-order valence-electron chi connectivity index (χ4n) is 0.961. The molecule has 64 valence electrons. The van der Waals surface area contributed by atoms with Crippen LogP contribution in [0.25, 0.3) is 0 Å². The first-order chi connectivity index (χ1) is 5.72. The fourth-order valence-corrected chi connectivity index (χ4v) is 0.961. The van der Waals surface area contributed by atoms with E-state index in [1.165, 1.54) is 17.0 Å². The Labute approximate surface area is 70.6 Å². The van der Waals surface area contributed by atoms with E-state index in [9.17, 15) is 9.18 Å². The molecule has 0 N–H and O–H groups in total. The molecule has 3 heteroatoms. The summed E-state index contributed by atoms with van der Waals surface area (Å²) in [5.41, 5.74) is 0.796. The Kier molecular flexibility index (Phi) is 2.80. The van der Waals surface area contributed by atoms with Crippen molar-refractivity contribution in [3.8, 4) is 0 Å². The minimum Gasteiger partial charge on any atom is -0.344 e. The Morgan fingerprint density at radius 3 is 2.92 bits per heavy atom. The van der Waals surface area contributed by atoms with Crippen LogP contribution in [0.1, 0.15) is 5.56 Å². The maximum atomic E-state index is 12.6. The van der Waals surface area contributed by atoms with Crippen LogP contribution < -0.4 is 0 Å². The van der Waals surface area contributed by atoms with Gasteiger partial charge in [0.1, 0.15) is 5.82 Å². The lowest BCUT2D eigenvalue weighted by Gasteiger charge is -2.09. The Morgan fingerprint density at radius 2 is 2.33 bits per heavy atom. The highest BCUT2D eigenvalue weighted by molar-refractivity contribution is 5.46. The number of amides is 1. The van der Waals surface area contributed by atoms with Gasteiger partial charge in [-0.05, 0) is 17.7 Å². The fraction of sp³-hybridized carbons (Fsp3) is 0.222. The molecule has 0 aliphatic carbocycles. The molecule has 1 aromatic rings. The topological polar surface area (TPSA) is 20.3 Å². The number of rotatable bonds is 3. The second-order valence-corrected chi connectivity index (χ2v) is 2.65. The molecule has 0 radical (unpaired) electrons. The van der Waals surface area contributed by atoms with Crippen molar-refractivity contribution < 1.29 is 9.18 Å². The van der Waals surface area contributed by atoms with Gasteiger partial charge in [0.25, 0.3) is 0 Å². The zero-order valence-corrected chi connectivity index (χ0v) is 6.83. The van der Waals surface area contributed by atoms with E-state index in [0.717, 1.165) is 5.56 Å². The van der Waals surface area contributed by atoms with Crippen molar-refractivity contribution in [3.05, 3.63) is 35.6 Å². The Bertz CT molecular complexity index is 275. The highest BCUT2D eigenvalue weighted by Gasteiger charge is 1.97. The summed E-state index contributed by atoms with van der Waals surface area (Å²) in [7, 11) is 1.65. The van der Waals surface area contributed by atoms with E-state index in [1.54, 1.807) is 19.2 Å². The van der Waals surface area contributed by atoms with Gasteiger partial charge >= 0.3 is 0 Å². The molecule has 12 heavy (non-hydrogen) atoms. The van der Waals surface area contributed by atoms with E-state index < -0.39 is 0 Å². The number of nitrogens with zero attached hydrogens (tertiary/aromatic N) is 1. The summed E-state index contributed by atoms with van der Waals surface area (Å²) in [6.07, 6.45) is 0.713. The zero-order valence-electron chi connectivity index (χ0n) is 6.83. The van der Waals surface area contributed by atoms with E-state index in [2.05, 4.69) is 0 Å². The van der Waals surface area contributed by atoms with Gasteiger partial charge in [0.2, 0.25) is 6.41 Å². The highest BCUT2D eigenvalue weighted by Crippen LogP contribution is 2.04. The van der Waals surface area contributed by atoms with Crippen LogP contribution in [0.15, 0.2) is 24.3 Å². The average molecular weight is 167 g/mol. The molecule has 0 heterocycles. The van der Waals surface area contributed by atoms with Crippen LogP contribution in [0, 0.1) is 5.82 Å². The number of carbonyl (C=O) groups is 1. The SMILES string of the molecule is CN(C=O)Cc1cccc(F)c1. The molecule has 0 aliphatic heterocycles. The first-order valence-corrected chi connectivity index (χ1v) is 3.62. The highest BCUT2D eigenvalue weighted by atomic mass is 19.1. The van der Waals surface area contributed by atoms with Crippen LogP contribution in [0.3, 0.4) is 0 Å². The Hall–Kier alpha value is -1.38. The summed E-state index contributed by atoms with van der Waals surface area (Å²) in [6, 6.07) is 6.21. The van der Waals surface area contributed by atoms with E-state index >= 15 is 0 Å². The molecule has 0 atom stereocenters. The van der Waals surface area contributed by atoms with Gasteiger partial charge in [0, 0.05) is 13.6 Å². The summed E-state index contributed by atoms with van der Waals surface area (Å²) < 4.78 is 12.6. The van der Waals surface area contributed by atoms with Crippen molar-refractivity contribution in [1.29, 1.82) is 0 Å². The Morgan fingerprint density at radius 1 is 1.58 bits per heavy atom. The lowest BCUT2D eigenvalue weighted by Crippen LogP contribution is -2.14. The van der Waals surface area contributed by atoms with E-state index in [0.29, 0.717) is 13.0 Å². The lowest BCUT2D eigenvalue weighted by atomic mass is 10.2. The number of benzene rings is 1. The van der Waals surface area contributed by atoms with Gasteiger partial charge in [0.15, 0.2) is 0 Å². The molecule has 1 amide bonds. The third kappa shape index (κ3) is 2.34. The first-order valence-electron chi connectivity index (χ1n) is 3.62. The van der Waals surface area contributed by atoms with Crippen LogP contribution in [0.5, 0.6) is 0 Å². The molecule has 0 aliphatic rings. The van der Waals surface area contributed by atoms with Crippen LogP contribution in [0.2, 0.25) is 0 Å². The number of halogens is 1. The normalized spacial score (nSPS) is 9.50. The van der Waals surface area contributed by atoms with Crippen molar-refractivity contribution in [2.75, 3.05) is 7.05 Å². The van der Waals surface area contributed by atoms with Gasteiger partial charge in [-0.2, -0.15) is 0 Å². The number of carbonyl (C=O) groups excluding carboxylic acids is 1. The summed E-state index contributed by atoms with van der Waals surface area (Å²) in [6.45, 7) is 0.446. The molecular formula is C9H10FNO. The number of hydrogen-bond acceptors (Lipinski definition) is 1. The van der Waals surface area contributed by atoms with Crippen molar-refractivity contribution in [3.63, 3.8) is 0 Å². The molecule has 0 bridgehead atoms. The van der Waals surface area contributed by atoms with Gasteiger partial charge < -0.3 is 4.90 Å². The third-order valence-corrected chi connectivity index (χ3v) is 1.50. The molecule has 1 rings (SSSR count). The van der Waals surface area contributed by atoms with Crippen LogP contribution in [-0.2, 0) is 11.3 Å². The van der Waals surface area contributed by atoms with E-state index in [-0.39, 0.29) is 5.82 Å². The molecule has 0 saturated carbocycles. The van der Waals surface area contributed by atoms with E-state index in [4.69, 9.17) is 0 Å². The van der Waals surface area contributed by atoms with Gasteiger partial charge in [-0.1, -0.05) is 12.1 Å². The molecule has 0 saturated heterocycles. The van der Waals surface area contributed by atoms with E-state index in [1.807, 2.05) is 0 Å². The van der Waals surface area contributed by atoms with Crippen LogP contribution in [-0.4, -0.2) is 18.4 Å². The first kappa shape index (κ1) is 8.71. The average Bonchev–Trinajstić information content (AvgIpc) is 2.04. The second-order valence-electron chi connectivity index (χ2n) is 2.65. The molecule has 2 nitrogen and oxygen atoms in total. The van der Waals surface area contributed by atoms with Crippen molar-refractivity contribution in [1.82, 2.24) is 4.90 Å². The van der Waals surface area contributed by atoms with Crippen molar-refractivity contribution in [2.24, 2.45) is 0 Å². The van der Waals surface area contributed by atoms with Crippen LogP contribution >= 0.6 is 0 Å². The summed E-state index contributed by atoms with van der Waals surface area (Å²) in [4.78, 5) is 11.7. The van der Waals surface area contributed by atoms with Crippen LogP contribution in [0.4, 0.5) is 4.39 Å². The minimum atomic E-state index is -0.271. The molecule has 0 unspecified atom stereocenters. The van der Waals surface area contributed by atoms with Crippen molar-refractivity contribution in [2.45, 2.75) is 6.54 Å². The lowest BCUT2D eigenvalue weighted by molar-refractivity contribution is -0.117. The van der Waals surface area contributed by atoms with Gasteiger partial charge in [-0.15, -0.1) is 0 Å². The predicted molar refractivity (Wildman–Crippen MR) is 43.9 cm³/mol. The molecule has 0 fully saturated rings. The largest absolute Gasteiger partial charge is 0.344 e. The van der Waals surface area contributed by atoms with Crippen molar-refractivity contribution >= 4 is 6.41 Å². The monoisotopic (exact) mass is 167 g/mol. The molecule has 0 aromatic heterocycles. The standard InChI is InChI=1S/C9H10FNO/c1-11(7-12)6-8-3-2-4-9(10)5-8/h2-5,7H,6H2,1H3. The molecular weight excluding hydrogens is 157 g/mol. The Balaban J connectivity index is 2.69. The smallest absolute Gasteiger partial charge is 0.209 e.